The zero-order valence-electron chi connectivity index (χ0n) is 29.1. The lowest BCUT2D eigenvalue weighted by atomic mass is 9.98. The molecule has 0 spiro atoms. The molecule has 0 radical (unpaired) electrons. The van der Waals surface area contributed by atoms with Gasteiger partial charge in [0, 0.05) is 47.6 Å². The van der Waals surface area contributed by atoms with Gasteiger partial charge in [0.2, 0.25) is 0 Å². The Kier molecular flexibility index (Phi) is 6.25. The van der Waals surface area contributed by atoms with E-state index in [2.05, 4.69) is 187 Å². The van der Waals surface area contributed by atoms with Gasteiger partial charge in [0.15, 0.2) is 0 Å². The van der Waals surface area contributed by atoms with E-state index in [1.165, 1.54) is 91.9 Å². The third kappa shape index (κ3) is 4.36. The number of benzene rings is 8. The molecule has 11 aromatic rings. The lowest BCUT2D eigenvalue weighted by Crippen LogP contribution is -1.93. The van der Waals surface area contributed by atoms with Crippen LogP contribution in [0.25, 0.3) is 114 Å². The first-order chi connectivity index (χ1) is 26.7. The second-order valence-electron chi connectivity index (χ2n) is 14.3. The van der Waals surface area contributed by atoms with E-state index in [-0.39, 0.29) is 0 Å². The van der Waals surface area contributed by atoms with E-state index in [0.717, 1.165) is 22.5 Å². The van der Waals surface area contributed by atoms with Gasteiger partial charge in [0.1, 0.15) is 0 Å². The highest BCUT2D eigenvalue weighted by Crippen LogP contribution is 2.48. The van der Waals surface area contributed by atoms with Crippen LogP contribution in [0.5, 0.6) is 0 Å². The normalized spacial score (nSPS) is 12.1. The first-order valence-electron chi connectivity index (χ1n) is 18.4. The van der Waals surface area contributed by atoms with Crippen LogP contribution in [0.3, 0.4) is 0 Å². The van der Waals surface area contributed by atoms with Crippen molar-refractivity contribution in [2.45, 2.75) is 0 Å². The van der Waals surface area contributed by atoms with Crippen LogP contribution in [0.1, 0.15) is 0 Å². The van der Waals surface area contributed by atoms with Crippen molar-refractivity contribution in [1.29, 1.82) is 0 Å². The van der Waals surface area contributed by atoms with Gasteiger partial charge in [-0.2, -0.15) is 0 Å². The number of aromatic nitrogens is 2. The molecule has 8 aromatic carbocycles. The molecule has 0 amide bonds. The van der Waals surface area contributed by atoms with Crippen molar-refractivity contribution >= 4 is 64.2 Å². The zero-order chi connectivity index (χ0) is 35.3. The number of thiophene rings is 1. The Labute approximate surface area is 315 Å². The molecule has 0 atom stereocenters. The van der Waals surface area contributed by atoms with Gasteiger partial charge in [0.05, 0.1) is 22.2 Å². The Morgan fingerprint density at radius 3 is 1.72 bits per heavy atom. The molecule has 0 saturated carbocycles. The summed E-state index contributed by atoms with van der Waals surface area (Å²) in [5.41, 5.74) is 16.7. The SMILES string of the molecule is c1ccc(-n2c3ccc(-c4ccc(-c5cc6c7c(cccc7n5)-c5ccccc5-6)cc4)cc3c3cc(-c4ccc5sc6ccccc6c5c4)ccc32)cc1. The first kappa shape index (κ1) is 29.7. The van der Waals surface area contributed by atoms with Crippen LogP contribution < -0.4 is 0 Å². The van der Waals surface area contributed by atoms with Gasteiger partial charge in [-0.25, -0.2) is 4.98 Å². The summed E-state index contributed by atoms with van der Waals surface area (Å²) in [6.07, 6.45) is 0. The Morgan fingerprint density at radius 1 is 0.370 bits per heavy atom. The maximum atomic E-state index is 5.16. The number of fused-ring (bicyclic) bond motifs is 9. The molecular weight excluding hydrogens is 673 g/mol. The van der Waals surface area contributed by atoms with E-state index in [4.69, 9.17) is 4.98 Å². The second kappa shape index (κ2) is 11.3. The highest BCUT2D eigenvalue weighted by molar-refractivity contribution is 7.25. The molecule has 54 heavy (non-hydrogen) atoms. The molecular formula is C51H30N2S. The Bertz CT molecular complexity index is 3310. The Morgan fingerprint density at radius 2 is 0.944 bits per heavy atom. The van der Waals surface area contributed by atoms with Gasteiger partial charge < -0.3 is 4.57 Å². The van der Waals surface area contributed by atoms with Gasteiger partial charge in [-0.3, -0.25) is 0 Å². The smallest absolute Gasteiger partial charge is 0.0722 e. The van der Waals surface area contributed by atoms with Crippen LogP contribution in [0.15, 0.2) is 182 Å². The predicted octanol–water partition coefficient (Wildman–Crippen LogP) is 14.3. The molecule has 3 aromatic heterocycles. The van der Waals surface area contributed by atoms with E-state index >= 15 is 0 Å². The molecule has 12 rings (SSSR count). The monoisotopic (exact) mass is 702 g/mol. The molecule has 250 valence electrons. The largest absolute Gasteiger partial charge is 0.309 e. The second-order valence-corrected chi connectivity index (χ2v) is 15.4. The molecule has 0 saturated heterocycles. The lowest BCUT2D eigenvalue weighted by molar-refractivity contribution is 1.18. The van der Waals surface area contributed by atoms with Crippen LogP contribution in [0.2, 0.25) is 0 Å². The van der Waals surface area contributed by atoms with Crippen molar-refractivity contribution in [3.63, 3.8) is 0 Å². The fraction of sp³-hybridized carbons (Fsp3) is 0. The summed E-state index contributed by atoms with van der Waals surface area (Å²) in [5.74, 6) is 0. The number of rotatable bonds is 4. The van der Waals surface area contributed by atoms with Crippen LogP contribution in [-0.2, 0) is 0 Å². The van der Waals surface area contributed by atoms with Crippen LogP contribution in [0, 0.1) is 0 Å². The predicted molar refractivity (Wildman–Crippen MR) is 230 cm³/mol. The van der Waals surface area contributed by atoms with E-state index in [1.807, 2.05) is 11.3 Å². The van der Waals surface area contributed by atoms with Crippen molar-refractivity contribution in [2.75, 3.05) is 0 Å². The first-order valence-corrected chi connectivity index (χ1v) is 19.3. The number of hydrogen-bond acceptors (Lipinski definition) is 2. The summed E-state index contributed by atoms with van der Waals surface area (Å²) in [5, 5.41) is 6.40. The fourth-order valence-electron chi connectivity index (χ4n) is 8.80. The quantitative estimate of drug-likeness (QED) is 0.179. The van der Waals surface area contributed by atoms with Crippen LogP contribution in [0.4, 0.5) is 0 Å². The molecule has 0 bridgehead atoms. The third-order valence-electron chi connectivity index (χ3n) is 11.3. The van der Waals surface area contributed by atoms with E-state index in [9.17, 15) is 0 Å². The molecule has 0 N–H and O–H groups in total. The van der Waals surface area contributed by atoms with Crippen molar-refractivity contribution in [2.24, 2.45) is 0 Å². The summed E-state index contributed by atoms with van der Waals surface area (Å²) in [6.45, 7) is 0. The molecule has 1 aliphatic rings. The number of nitrogens with zero attached hydrogens (tertiary/aromatic N) is 2. The summed E-state index contributed by atoms with van der Waals surface area (Å²) >= 11 is 1.86. The summed E-state index contributed by atoms with van der Waals surface area (Å²) < 4.78 is 5.06. The van der Waals surface area contributed by atoms with E-state index in [1.54, 1.807) is 0 Å². The maximum absolute atomic E-state index is 5.16. The number of para-hydroxylation sites is 1. The minimum absolute atomic E-state index is 1.00. The van der Waals surface area contributed by atoms with Crippen molar-refractivity contribution < 1.29 is 0 Å². The minimum Gasteiger partial charge on any atom is -0.309 e. The van der Waals surface area contributed by atoms with E-state index < -0.39 is 0 Å². The number of pyridine rings is 1. The van der Waals surface area contributed by atoms with E-state index in [0.29, 0.717) is 0 Å². The van der Waals surface area contributed by atoms with Gasteiger partial charge in [-0.15, -0.1) is 11.3 Å². The van der Waals surface area contributed by atoms with Gasteiger partial charge in [-0.05, 0) is 111 Å². The lowest BCUT2D eigenvalue weighted by Gasteiger charge is -2.09. The molecule has 3 heterocycles. The van der Waals surface area contributed by atoms with Crippen molar-refractivity contribution in [1.82, 2.24) is 9.55 Å². The Balaban J connectivity index is 0.982. The maximum Gasteiger partial charge on any atom is 0.0722 e. The Hall–Kier alpha value is -6.81. The standard InChI is InChI=1S/C51H30N2S/c1-2-9-36(10-3-1)53-47-24-21-33(27-41(47)42-28-34(22-25-48(42)53)35-23-26-50-43(29-35)39-13-6-7-16-49(39)54-50)31-17-19-32(20-18-31)46-30-44-38-12-5-4-11-37(38)40-14-8-15-45(52-46)51(40)44/h1-30H. The third-order valence-corrected chi connectivity index (χ3v) is 12.5. The van der Waals surface area contributed by atoms with Gasteiger partial charge >= 0.3 is 0 Å². The highest BCUT2D eigenvalue weighted by Gasteiger charge is 2.22. The number of hydrogen-bond donors (Lipinski definition) is 0. The molecule has 1 aliphatic carbocycles. The van der Waals surface area contributed by atoms with Crippen LogP contribution >= 0.6 is 11.3 Å². The molecule has 2 nitrogen and oxygen atoms in total. The topological polar surface area (TPSA) is 17.8 Å². The van der Waals surface area contributed by atoms with Gasteiger partial charge in [0.25, 0.3) is 0 Å². The molecule has 0 unspecified atom stereocenters. The molecule has 0 aliphatic heterocycles. The fourth-order valence-corrected chi connectivity index (χ4v) is 9.89. The van der Waals surface area contributed by atoms with Crippen molar-refractivity contribution in [3.8, 4) is 61.5 Å². The van der Waals surface area contributed by atoms with Crippen LogP contribution in [-0.4, -0.2) is 9.55 Å². The zero-order valence-corrected chi connectivity index (χ0v) is 29.9. The summed E-state index contributed by atoms with van der Waals surface area (Å²) in [7, 11) is 0. The summed E-state index contributed by atoms with van der Waals surface area (Å²) in [6, 6.07) is 66.7. The average molecular weight is 703 g/mol. The molecule has 3 heteroatoms. The molecule has 0 fully saturated rings. The minimum atomic E-state index is 1.00. The summed E-state index contributed by atoms with van der Waals surface area (Å²) in [4.78, 5) is 5.16. The highest BCUT2D eigenvalue weighted by atomic mass is 32.1. The average Bonchev–Trinajstić information content (AvgIpc) is 3.89. The van der Waals surface area contributed by atoms with Gasteiger partial charge in [-0.1, -0.05) is 115 Å². The van der Waals surface area contributed by atoms with Crippen molar-refractivity contribution in [3.05, 3.63) is 182 Å².